The maximum Gasteiger partial charge on any atom is 0.279 e. The zero-order chi connectivity index (χ0) is 13.0. The molecule has 7 heteroatoms. The van der Waals surface area contributed by atoms with Gasteiger partial charge >= 0.3 is 0 Å². The van der Waals surface area contributed by atoms with Crippen molar-refractivity contribution < 1.29 is 8.42 Å². The van der Waals surface area contributed by atoms with Gasteiger partial charge in [-0.3, -0.25) is 9.82 Å². The van der Waals surface area contributed by atoms with Crippen LogP contribution in [0.4, 0.5) is 5.69 Å². The number of sulfonamides is 1. The Morgan fingerprint density at radius 2 is 2.00 bits per heavy atom. The average molecular weight is 266 g/mol. The Kier molecular flexibility index (Phi) is 3.63. The van der Waals surface area contributed by atoms with E-state index in [9.17, 15) is 8.42 Å². The quantitative estimate of drug-likeness (QED) is 0.751. The highest BCUT2D eigenvalue weighted by molar-refractivity contribution is 7.92. The van der Waals surface area contributed by atoms with E-state index in [2.05, 4.69) is 20.2 Å². The van der Waals surface area contributed by atoms with Crippen molar-refractivity contribution in [2.24, 2.45) is 0 Å². The molecule has 2 aromatic rings. The fourth-order valence-electron chi connectivity index (χ4n) is 1.56. The van der Waals surface area contributed by atoms with E-state index in [1.807, 2.05) is 6.07 Å². The number of H-pyrrole nitrogens is 1. The summed E-state index contributed by atoms with van der Waals surface area (Å²) in [7, 11) is -1.89. The second-order valence-electron chi connectivity index (χ2n) is 3.73. The minimum absolute atomic E-state index is 0.0840. The van der Waals surface area contributed by atoms with E-state index in [1.54, 1.807) is 31.3 Å². The third kappa shape index (κ3) is 2.69. The lowest BCUT2D eigenvalue weighted by atomic mass is 10.3. The first kappa shape index (κ1) is 12.6. The molecule has 0 fully saturated rings. The summed E-state index contributed by atoms with van der Waals surface area (Å²) >= 11 is 0. The maximum absolute atomic E-state index is 12.1. The van der Waals surface area contributed by atoms with Crippen LogP contribution < -0.4 is 10.0 Å². The number of benzene rings is 1. The second-order valence-corrected chi connectivity index (χ2v) is 5.35. The number of anilines is 1. The van der Waals surface area contributed by atoms with Gasteiger partial charge < -0.3 is 5.32 Å². The number of hydrogen-bond donors (Lipinski definition) is 3. The molecule has 0 spiro atoms. The molecule has 0 atom stereocenters. The molecule has 2 rings (SSSR count). The Hall–Kier alpha value is -1.86. The molecule has 0 saturated carbocycles. The lowest BCUT2D eigenvalue weighted by molar-refractivity contribution is 0.595. The summed E-state index contributed by atoms with van der Waals surface area (Å²) in [5, 5.41) is 9.25. The van der Waals surface area contributed by atoms with E-state index in [0.29, 0.717) is 17.8 Å². The van der Waals surface area contributed by atoms with Gasteiger partial charge in [0.1, 0.15) is 0 Å². The zero-order valence-electron chi connectivity index (χ0n) is 9.84. The Balaban J connectivity index is 2.28. The molecule has 0 saturated heterocycles. The van der Waals surface area contributed by atoms with E-state index in [4.69, 9.17) is 0 Å². The second kappa shape index (κ2) is 5.19. The van der Waals surface area contributed by atoms with Crippen molar-refractivity contribution in [1.29, 1.82) is 0 Å². The summed E-state index contributed by atoms with van der Waals surface area (Å²) in [5.41, 5.74) is 1.11. The first-order chi connectivity index (χ1) is 8.63. The SMILES string of the molecule is CNCc1cn[nH]c1S(=O)(=O)Nc1ccccc1. The van der Waals surface area contributed by atoms with Gasteiger partial charge in [0.2, 0.25) is 0 Å². The van der Waals surface area contributed by atoms with Crippen LogP contribution >= 0.6 is 0 Å². The van der Waals surface area contributed by atoms with Crippen LogP contribution in [0.3, 0.4) is 0 Å². The van der Waals surface area contributed by atoms with E-state index < -0.39 is 10.0 Å². The molecule has 0 amide bonds. The molecule has 1 heterocycles. The molecule has 0 aliphatic carbocycles. The highest BCUT2D eigenvalue weighted by atomic mass is 32.2. The minimum Gasteiger partial charge on any atom is -0.316 e. The van der Waals surface area contributed by atoms with Crippen LogP contribution in [0.1, 0.15) is 5.56 Å². The van der Waals surface area contributed by atoms with Crippen molar-refractivity contribution in [3.05, 3.63) is 42.1 Å². The third-order valence-corrected chi connectivity index (χ3v) is 3.74. The van der Waals surface area contributed by atoms with E-state index >= 15 is 0 Å². The number of aromatic nitrogens is 2. The minimum atomic E-state index is -3.63. The molecule has 0 radical (unpaired) electrons. The molecule has 0 bridgehead atoms. The lowest BCUT2D eigenvalue weighted by Gasteiger charge is -2.07. The molecule has 0 aliphatic rings. The molecule has 0 aliphatic heterocycles. The standard InChI is InChI=1S/C11H14N4O2S/c1-12-7-9-8-13-14-11(9)18(16,17)15-10-5-3-2-4-6-10/h2-6,8,12,15H,7H2,1H3,(H,13,14). The van der Waals surface area contributed by atoms with E-state index in [-0.39, 0.29) is 5.03 Å². The highest BCUT2D eigenvalue weighted by Crippen LogP contribution is 2.16. The number of rotatable bonds is 5. The molecular weight excluding hydrogens is 252 g/mol. The highest BCUT2D eigenvalue weighted by Gasteiger charge is 2.20. The monoisotopic (exact) mass is 266 g/mol. The van der Waals surface area contributed by atoms with Gasteiger partial charge in [0, 0.05) is 17.8 Å². The Labute approximate surface area is 105 Å². The summed E-state index contributed by atoms with van der Waals surface area (Å²) in [6, 6.07) is 8.72. The van der Waals surface area contributed by atoms with E-state index in [0.717, 1.165) is 0 Å². The predicted molar refractivity (Wildman–Crippen MR) is 68.6 cm³/mol. The van der Waals surface area contributed by atoms with Gasteiger partial charge in [-0.15, -0.1) is 0 Å². The van der Waals surface area contributed by atoms with Crippen molar-refractivity contribution in [2.45, 2.75) is 11.6 Å². The summed E-state index contributed by atoms with van der Waals surface area (Å²) in [6.45, 7) is 0.432. The first-order valence-corrected chi connectivity index (χ1v) is 6.86. The summed E-state index contributed by atoms with van der Waals surface area (Å²) in [5.74, 6) is 0. The molecule has 3 N–H and O–H groups in total. The molecular formula is C11H14N4O2S. The van der Waals surface area contributed by atoms with Crippen molar-refractivity contribution in [3.63, 3.8) is 0 Å². The molecule has 6 nitrogen and oxygen atoms in total. The summed E-state index contributed by atoms with van der Waals surface area (Å²) in [4.78, 5) is 0. The number of aromatic amines is 1. The smallest absolute Gasteiger partial charge is 0.279 e. The fourth-order valence-corrected chi connectivity index (χ4v) is 2.75. The van der Waals surface area contributed by atoms with Crippen LogP contribution in [0, 0.1) is 0 Å². The van der Waals surface area contributed by atoms with Crippen molar-refractivity contribution >= 4 is 15.7 Å². The number of nitrogens with zero attached hydrogens (tertiary/aromatic N) is 1. The van der Waals surface area contributed by atoms with Crippen LogP contribution in [-0.4, -0.2) is 25.7 Å². The fraction of sp³-hybridized carbons (Fsp3) is 0.182. The first-order valence-electron chi connectivity index (χ1n) is 5.38. The Bertz CT molecular complexity index is 607. The van der Waals surface area contributed by atoms with Gasteiger partial charge in [-0.1, -0.05) is 18.2 Å². The normalized spacial score (nSPS) is 11.4. The zero-order valence-corrected chi connectivity index (χ0v) is 10.7. The summed E-state index contributed by atoms with van der Waals surface area (Å²) in [6.07, 6.45) is 1.50. The van der Waals surface area contributed by atoms with Crippen molar-refractivity contribution in [1.82, 2.24) is 15.5 Å². The lowest BCUT2D eigenvalue weighted by Crippen LogP contribution is -2.17. The average Bonchev–Trinajstić information content (AvgIpc) is 2.79. The number of hydrogen-bond acceptors (Lipinski definition) is 4. The van der Waals surface area contributed by atoms with Gasteiger partial charge in [0.15, 0.2) is 5.03 Å². The molecule has 1 aromatic heterocycles. The summed E-state index contributed by atoms with van der Waals surface area (Å²) < 4.78 is 26.8. The van der Waals surface area contributed by atoms with E-state index in [1.165, 1.54) is 6.20 Å². The van der Waals surface area contributed by atoms with Gasteiger partial charge in [0.25, 0.3) is 10.0 Å². The topological polar surface area (TPSA) is 86.9 Å². The van der Waals surface area contributed by atoms with Crippen LogP contribution in [0.15, 0.2) is 41.6 Å². The van der Waals surface area contributed by atoms with Gasteiger partial charge in [-0.05, 0) is 19.2 Å². The molecule has 1 aromatic carbocycles. The molecule has 18 heavy (non-hydrogen) atoms. The van der Waals surface area contributed by atoms with Gasteiger partial charge in [0.05, 0.1) is 6.20 Å². The Morgan fingerprint density at radius 3 is 2.67 bits per heavy atom. The number of nitrogens with one attached hydrogen (secondary N) is 3. The largest absolute Gasteiger partial charge is 0.316 e. The van der Waals surface area contributed by atoms with Gasteiger partial charge in [-0.2, -0.15) is 13.5 Å². The predicted octanol–water partition coefficient (Wildman–Crippen LogP) is 0.930. The maximum atomic E-state index is 12.1. The Morgan fingerprint density at radius 1 is 1.28 bits per heavy atom. The van der Waals surface area contributed by atoms with Crippen LogP contribution in [0.25, 0.3) is 0 Å². The van der Waals surface area contributed by atoms with Crippen LogP contribution in [-0.2, 0) is 16.6 Å². The molecule has 0 unspecified atom stereocenters. The van der Waals surface area contributed by atoms with Gasteiger partial charge in [-0.25, -0.2) is 0 Å². The van der Waals surface area contributed by atoms with Crippen molar-refractivity contribution in [2.75, 3.05) is 11.8 Å². The van der Waals surface area contributed by atoms with Crippen LogP contribution in [0.5, 0.6) is 0 Å². The molecule has 96 valence electrons. The van der Waals surface area contributed by atoms with Crippen molar-refractivity contribution in [3.8, 4) is 0 Å². The third-order valence-electron chi connectivity index (χ3n) is 2.34. The van der Waals surface area contributed by atoms with Crippen LogP contribution in [0.2, 0.25) is 0 Å². The number of para-hydroxylation sites is 1.